The Morgan fingerprint density at radius 3 is 2.50 bits per heavy atom. The Labute approximate surface area is 185 Å². The summed E-state index contributed by atoms with van der Waals surface area (Å²) in [6.45, 7) is 3.86. The monoisotopic (exact) mass is 444 g/mol. The molecule has 3 aromatic rings. The summed E-state index contributed by atoms with van der Waals surface area (Å²) in [6.07, 6.45) is 1.76. The molecule has 8 heteroatoms. The van der Waals surface area contributed by atoms with Gasteiger partial charge < -0.3 is 9.64 Å². The predicted molar refractivity (Wildman–Crippen MR) is 117 cm³/mol. The number of hydrogen-bond donors (Lipinski definition) is 0. The van der Waals surface area contributed by atoms with Crippen LogP contribution >= 0.6 is 23.2 Å². The molecule has 2 aromatic carbocycles. The first kappa shape index (κ1) is 20.7. The first-order valence-corrected chi connectivity index (χ1v) is 10.5. The van der Waals surface area contributed by atoms with Crippen molar-refractivity contribution in [2.75, 3.05) is 26.2 Å². The molecule has 0 saturated carbocycles. The first-order chi connectivity index (χ1) is 14.6. The van der Waals surface area contributed by atoms with E-state index in [1.807, 2.05) is 47.4 Å². The van der Waals surface area contributed by atoms with Gasteiger partial charge in [-0.2, -0.15) is 5.10 Å². The number of aromatic nitrogens is 2. The van der Waals surface area contributed by atoms with Gasteiger partial charge in [-0.05, 0) is 35.9 Å². The zero-order chi connectivity index (χ0) is 20.9. The zero-order valence-corrected chi connectivity index (χ0v) is 17.9. The summed E-state index contributed by atoms with van der Waals surface area (Å²) >= 11 is 12.2. The maximum absolute atomic E-state index is 12.8. The van der Waals surface area contributed by atoms with Crippen molar-refractivity contribution < 1.29 is 9.53 Å². The minimum atomic E-state index is -0.0577. The van der Waals surface area contributed by atoms with Gasteiger partial charge in [-0.3, -0.25) is 9.69 Å². The Balaban J connectivity index is 1.28. The van der Waals surface area contributed by atoms with E-state index in [4.69, 9.17) is 27.9 Å². The molecule has 1 amide bonds. The van der Waals surface area contributed by atoms with Gasteiger partial charge in [0, 0.05) is 49.0 Å². The highest BCUT2D eigenvalue weighted by atomic mass is 35.5. The van der Waals surface area contributed by atoms with Crippen LogP contribution in [0.2, 0.25) is 10.0 Å². The highest BCUT2D eigenvalue weighted by molar-refractivity contribution is 6.35. The fraction of sp³-hybridized carbons (Fsp3) is 0.273. The van der Waals surface area contributed by atoms with E-state index in [-0.39, 0.29) is 12.6 Å². The smallest absolute Gasteiger partial charge is 0.274 e. The lowest BCUT2D eigenvalue weighted by molar-refractivity contribution is 0.0621. The van der Waals surface area contributed by atoms with Gasteiger partial charge in [0.25, 0.3) is 5.91 Å². The van der Waals surface area contributed by atoms with Crippen LogP contribution < -0.4 is 4.74 Å². The molecule has 1 saturated heterocycles. The third-order valence-electron chi connectivity index (χ3n) is 5.04. The van der Waals surface area contributed by atoms with Crippen LogP contribution in [0.4, 0.5) is 0 Å². The van der Waals surface area contributed by atoms with Crippen molar-refractivity contribution >= 4 is 29.1 Å². The van der Waals surface area contributed by atoms with Crippen molar-refractivity contribution in [3.8, 4) is 5.75 Å². The fourth-order valence-electron chi connectivity index (χ4n) is 3.37. The normalized spacial score (nSPS) is 14.7. The highest BCUT2D eigenvalue weighted by Gasteiger charge is 2.24. The van der Waals surface area contributed by atoms with Crippen molar-refractivity contribution in [1.29, 1.82) is 0 Å². The molecular formula is C22H22Cl2N4O2. The Hall–Kier alpha value is -2.54. The van der Waals surface area contributed by atoms with Crippen molar-refractivity contribution in [3.63, 3.8) is 0 Å². The van der Waals surface area contributed by atoms with Gasteiger partial charge in [-0.1, -0.05) is 47.5 Å². The van der Waals surface area contributed by atoms with Crippen LogP contribution in [-0.4, -0.2) is 51.7 Å². The van der Waals surface area contributed by atoms with Gasteiger partial charge in [-0.25, -0.2) is 4.68 Å². The standard InChI is InChI=1S/C22H22Cl2N4O2/c23-18-7-6-17(20(24)14-18)15-26-10-12-27(13-11-26)22(29)21-8-9-28(25-21)16-30-19-4-2-1-3-5-19/h1-9,14H,10-13,15-16H2. The number of benzene rings is 2. The number of amides is 1. The molecule has 0 N–H and O–H groups in total. The number of ether oxygens (including phenoxy) is 1. The second-order valence-electron chi connectivity index (χ2n) is 7.13. The van der Waals surface area contributed by atoms with Gasteiger partial charge in [0.2, 0.25) is 0 Å². The van der Waals surface area contributed by atoms with E-state index < -0.39 is 0 Å². The number of carbonyl (C=O) groups excluding carboxylic acids is 1. The molecule has 0 aliphatic carbocycles. The summed E-state index contributed by atoms with van der Waals surface area (Å²) in [6, 6.07) is 16.8. The first-order valence-electron chi connectivity index (χ1n) is 9.75. The molecule has 0 unspecified atom stereocenters. The second-order valence-corrected chi connectivity index (χ2v) is 7.97. The van der Waals surface area contributed by atoms with Crippen molar-refractivity contribution in [1.82, 2.24) is 19.6 Å². The Morgan fingerprint density at radius 1 is 1.00 bits per heavy atom. The number of rotatable bonds is 6. The summed E-state index contributed by atoms with van der Waals surface area (Å²) in [7, 11) is 0. The molecule has 0 spiro atoms. The quantitative estimate of drug-likeness (QED) is 0.571. The van der Waals surface area contributed by atoms with Crippen molar-refractivity contribution in [3.05, 3.63) is 82.1 Å². The van der Waals surface area contributed by atoms with Crippen LogP contribution in [-0.2, 0) is 13.3 Å². The number of halogens is 2. The second kappa shape index (κ2) is 9.51. The van der Waals surface area contributed by atoms with E-state index in [0.29, 0.717) is 28.8 Å². The van der Waals surface area contributed by atoms with Crippen LogP contribution in [0.5, 0.6) is 5.75 Å². The van der Waals surface area contributed by atoms with Crippen molar-refractivity contribution in [2.45, 2.75) is 13.3 Å². The van der Waals surface area contributed by atoms with Crippen LogP contribution in [0.15, 0.2) is 60.8 Å². The average Bonchev–Trinajstić information content (AvgIpc) is 3.24. The highest BCUT2D eigenvalue weighted by Crippen LogP contribution is 2.23. The lowest BCUT2D eigenvalue weighted by Crippen LogP contribution is -2.48. The minimum absolute atomic E-state index is 0.0577. The predicted octanol–water partition coefficient (Wildman–Crippen LogP) is 4.18. The largest absolute Gasteiger partial charge is 0.471 e. The Kier molecular flexibility index (Phi) is 6.57. The molecule has 6 nitrogen and oxygen atoms in total. The lowest BCUT2D eigenvalue weighted by atomic mass is 10.2. The molecule has 156 valence electrons. The molecule has 1 fully saturated rings. The molecule has 1 aliphatic heterocycles. The van der Waals surface area contributed by atoms with Gasteiger partial charge in [0.05, 0.1) is 0 Å². The van der Waals surface area contributed by atoms with Gasteiger partial charge in [-0.15, -0.1) is 0 Å². The summed E-state index contributed by atoms with van der Waals surface area (Å²) < 4.78 is 7.29. The van der Waals surface area contributed by atoms with Gasteiger partial charge >= 0.3 is 0 Å². The number of piperazine rings is 1. The topological polar surface area (TPSA) is 50.6 Å². The maximum atomic E-state index is 12.8. The van der Waals surface area contributed by atoms with E-state index in [0.717, 1.165) is 30.9 Å². The van der Waals surface area contributed by atoms with Crippen molar-refractivity contribution in [2.24, 2.45) is 0 Å². The number of hydrogen-bond acceptors (Lipinski definition) is 4. The summed E-state index contributed by atoms with van der Waals surface area (Å²) in [5, 5.41) is 5.67. The third kappa shape index (κ3) is 5.14. The van der Waals surface area contributed by atoms with E-state index in [1.54, 1.807) is 23.0 Å². The molecular weight excluding hydrogens is 423 g/mol. The van der Waals surface area contributed by atoms with Gasteiger partial charge in [0.1, 0.15) is 5.75 Å². The number of para-hydroxylation sites is 1. The molecule has 30 heavy (non-hydrogen) atoms. The van der Waals surface area contributed by atoms with Crippen LogP contribution in [0.25, 0.3) is 0 Å². The molecule has 0 radical (unpaired) electrons. The average molecular weight is 445 g/mol. The number of carbonyl (C=O) groups is 1. The molecule has 4 rings (SSSR count). The maximum Gasteiger partial charge on any atom is 0.274 e. The third-order valence-corrected chi connectivity index (χ3v) is 5.62. The minimum Gasteiger partial charge on any atom is -0.471 e. The SMILES string of the molecule is O=C(c1ccn(COc2ccccc2)n1)N1CCN(Cc2ccc(Cl)cc2Cl)CC1. The Morgan fingerprint density at radius 2 is 1.77 bits per heavy atom. The van der Waals surface area contributed by atoms with E-state index >= 15 is 0 Å². The van der Waals surface area contributed by atoms with Gasteiger partial charge in [0.15, 0.2) is 12.4 Å². The van der Waals surface area contributed by atoms with E-state index in [2.05, 4.69) is 10.00 Å². The number of nitrogens with zero attached hydrogens (tertiary/aromatic N) is 4. The molecule has 1 aliphatic rings. The fourth-order valence-corrected chi connectivity index (χ4v) is 3.84. The van der Waals surface area contributed by atoms with E-state index in [9.17, 15) is 4.79 Å². The van der Waals surface area contributed by atoms with Crippen LogP contribution in [0, 0.1) is 0 Å². The molecule has 0 bridgehead atoms. The summed E-state index contributed by atoms with van der Waals surface area (Å²) in [4.78, 5) is 16.9. The molecule has 2 heterocycles. The summed E-state index contributed by atoms with van der Waals surface area (Å²) in [5.74, 6) is 0.704. The Bertz CT molecular complexity index is 1000. The lowest BCUT2D eigenvalue weighted by Gasteiger charge is -2.34. The van der Waals surface area contributed by atoms with E-state index in [1.165, 1.54) is 0 Å². The van der Waals surface area contributed by atoms with Crippen LogP contribution in [0.1, 0.15) is 16.1 Å². The summed E-state index contributed by atoms with van der Waals surface area (Å²) in [5.41, 5.74) is 1.47. The van der Waals surface area contributed by atoms with Crippen LogP contribution in [0.3, 0.4) is 0 Å². The zero-order valence-electron chi connectivity index (χ0n) is 16.4. The molecule has 0 atom stereocenters. The molecule has 1 aromatic heterocycles.